The van der Waals surface area contributed by atoms with Gasteiger partial charge in [0.1, 0.15) is 5.76 Å². The number of carbonyl (C=O) groups excluding carboxylic acids is 2. The van der Waals surface area contributed by atoms with Crippen molar-refractivity contribution in [2.75, 3.05) is 0 Å². The molecule has 0 fully saturated rings. The van der Waals surface area contributed by atoms with E-state index in [0.717, 1.165) is 11.1 Å². The highest BCUT2D eigenvalue weighted by molar-refractivity contribution is 6.52. The fourth-order valence-electron chi connectivity index (χ4n) is 2.50. The molecule has 3 rings (SSSR count). The summed E-state index contributed by atoms with van der Waals surface area (Å²) in [5, 5.41) is 0. The van der Waals surface area contributed by atoms with Crippen LogP contribution in [-0.4, -0.2) is 11.6 Å². The number of carbonyl (C=O) groups is 2. The molecule has 0 saturated heterocycles. The second kappa shape index (κ2) is 3.29. The molecule has 2 aliphatic carbocycles. The smallest absolute Gasteiger partial charge is 0.237 e. The van der Waals surface area contributed by atoms with E-state index in [1.807, 2.05) is 13.0 Å². The highest BCUT2D eigenvalue weighted by Crippen LogP contribution is 2.39. The summed E-state index contributed by atoms with van der Waals surface area (Å²) in [6.07, 6.45) is 4.81. The van der Waals surface area contributed by atoms with Gasteiger partial charge in [-0.25, -0.2) is 0 Å². The molecule has 0 aliphatic heterocycles. The Bertz CT molecular complexity index is 611. The maximum atomic E-state index is 12.0. The van der Waals surface area contributed by atoms with Gasteiger partial charge >= 0.3 is 0 Å². The Hall–Kier alpha value is -1.90. The van der Waals surface area contributed by atoms with Crippen LogP contribution in [0.4, 0.5) is 0 Å². The molecule has 0 N–H and O–H groups in total. The fraction of sp³-hybridized carbons (Fsp3) is 0.286. The van der Waals surface area contributed by atoms with Crippen molar-refractivity contribution < 1.29 is 14.0 Å². The SMILES string of the molecule is CC1=CCC2=C(C1)c1occ(C)c1C(=O)C2=O. The van der Waals surface area contributed by atoms with Crippen molar-refractivity contribution in [1.29, 1.82) is 0 Å². The van der Waals surface area contributed by atoms with Crippen LogP contribution in [0, 0.1) is 6.92 Å². The summed E-state index contributed by atoms with van der Waals surface area (Å²) in [4.78, 5) is 24.0. The number of allylic oxidation sites excluding steroid dienone is 4. The lowest BCUT2D eigenvalue weighted by Gasteiger charge is -2.21. The molecule has 17 heavy (non-hydrogen) atoms. The number of hydrogen-bond donors (Lipinski definition) is 0. The molecule has 0 unspecified atom stereocenters. The van der Waals surface area contributed by atoms with E-state index in [1.165, 1.54) is 5.57 Å². The molecule has 0 amide bonds. The Labute approximate surface area is 98.8 Å². The second-order valence-corrected chi connectivity index (χ2v) is 4.67. The molecule has 0 radical (unpaired) electrons. The highest BCUT2D eigenvalue weighted by Gasteiger charge is 2.36. The molecule has 3 heteroatoms. The van der Waals surface area contributed by atoms with Gasteiger partial charge in [-0.2, -0.15) is 0 Å². The Morgan fingerprint density at radius 3 is 2.65 bits per heavy atom. The van der Waals surface area contributed by atoms with E-state index in [0.29, 0.717) is 29.7 Å². The monoisotopic (exact) mass is 228 g/mol. The van der Waals surface area contributed by atoms with E-state index in [1.54, 1.807) is 13.2 Å². The molecule has 0 atom stereocenters. The third-order valence-corrected chi connectivity index (χ3v) is 3.43. The molecule has 1 heterocycles. The van der Waals surface area contributed by atoms with E-state index in [2.05, 4.69) is 0 Å². The van der Waals surface area contributed by atoms with Crippen LogP contribution in [0.3, 0.4) is 0 Å². The number of aryl methyl sites for hydroxylation is 1. The van der Waals surface area contributed by atoms with Crippen molar-refractivity contribution in [3.8, 4) is 0 Å². The molecule has 86 valence electrons. The summed E-state index contributed by atoms with van der Waals surface area (Å²) in [5.41, 5.74) is 3.94. The van der Waals surface area contributed by atoms with E-state index < -0.39 is 5.78 Å². The van der Waals surface area contributed by atoms with Crippen molar-refractivity contribution in [3.63, 3.8) is 0 Å². The molecule has 1 aromatic heterocycles. The lowest BCUT2D eigenvalue weighted by Crippen LogP contribution is -2.24. The van der Waals surface area contributed by atoms with Gasteiger partial charge in [0.25, 0.3) is 0 Å². The molecule has 0 spiro atoms. The van der Waals surface area contributed by atoms with Gasteiger partial charge in [-0.1, -0.05) is 11.6 Å². The van der Waals surface area contributed by atoms with Crippen molar-refractivity contribution in [2.45, 2.75) is 26.7 Å². The fourth-order valence-corrected chi connectivity index (χ4v) is 2.50. The van der Waals surface area contributed by atoms with E-state index in [4.69, 9.17) is 4.42 Å². The number of rotatable bonds is 0. The van der Waals surface area contributed by atoms with Crippen LogP contribution in [0.25, 0.3) is 5.57 Å². The van der Waals surface area contributed by atoms with Gasteiger partial charge in [0.15, 0.2) is 0 Å². The standard InChI is InChI=1S/C14H12O3/c1-7-3-4-9-10(5-7)14-11(8(2)6-17-14)13(16)12(9)15/h3,6H,4-5H2,1-2H3. The van der Waals surface area contributed by atoms with Crippen LogP contribution in [0.5, 0.6) is 0 Å². The first-order valence-electron chi connectivity index (χ1n) is 5.64. The first-order chi connectivity index (χ1) is 8.09. The molecular formula is C14H12O3. The summed E-state index contributed by atoms with van der Waals surface area (Å²) < 4.78 is 5.47. The second-order valence-electron chi connectivity index (χ2n) is 4.67. The van der Waals surface area contributed by atoms with Gasteiger partial charge < -0.3 is 4.42 Å². The van der Waals surface area contributed by atoms with Crippen molar-refractivity contribution in [3.05, 3.63) is 40.4 Å². The van der Waals surface area contributed by atoms with Gasteiger partial charge in [-0.15, -0.1) is 0 Å². The van der Waals surface area contributed by atoms with E-state index in [-0.39, 0.29) is 5.78 Å². The molecule has 0 aromatic carbocycles. The molecule has 0 bridgehead atoms. The minimum Gasteiger partial charge on any atom is -0.464 e. The molecule has 2 aliphatic rings. The van der Waals surface area contributed by atoms with Crippen LogP contribution < -0.4 is 0 Å². The summed E-state index contributed by atoms with van der Waals surface area (Å²) in [5.74, 6) is -0.173. The van der Waals surface area contributed by atoms with Crippen LogP contribution >= 0.6 is 0 Å². The number of ketones is 2. The Kier molecular flexibility index (Phi) is 1.99. The number of furan rings is 1. The van der Waals surface area contributed by atoms with Gasteiger partial charge in [0.05, 0.1) is 11.8 Å². The first kappa shape index (κ1) is 10.3. The lowest BCUT2D eigenvalue weighted by atomic mass is 9.80. The third-order valence-electron chi connectivity index (χ3n) is 3.43. The summed E-state index contributed by atoms with van der Waals surface area (Å²) in [6.45, 7) is 3.82. The minimum absolute atomic E-state index is 0.360. The minimum atomic E-state index is -0.419. The highest BCUT2D eigenvalue weighted by atomic mass is 16.3. The Balaban J connectivity index is 2.25. The zero-order chi connectivity index (χ0) is 12.2. The van der Waals surface area contributed by atoms with Crippen molar-refractivity contribution in [2.24, 2.45) is 0 Å². The summed E-state index contributed by atoms with van der Waals surface area (Å²) >= 11 is 0. The van der Waals surface area contributed by atoms with E-state index >= 15 is 0 Å². The quantitative estimate of drug-likeness (QED) is 0.506. The number of Topliss-reactive ketones (excluding diaryl/α,β-unsaturated/α-hetero) is 2. The molecule has 3 nitrogen and oxygen atoms in total. The van der Waals surface area contributed by atoms with Crippen molar-refractivity contribution >= 4 is 17.1 Å². The van der Waals surface area contributed by atoms with Crippen molar-refractivity contribution in [1.82, 2.24) is 0 Å². The maximum absolute atomic E-state index is 12.0. The largest absolute Gasteiger partial charge is 0.464 e. The topological polar surface area (TPSA) is 47.3 Å². The lowest BCUT2D eigenvalue weighted by molar-refractivity contribution is -0.112. The Morgan fingerprint density at radius 1 is 1.12 bits per heavy atom. The van der Waals surface area contributed by atoms with Crippen LogP contribution in [0.15, 0.2) is 27.9 Å². The number of fused-ring (bicyclic) bond motifs is 2. The molecular weight excluding hydrogens is 216 g/mol. The summed E-state index contributed by atoms with van der Waals surface area (Å²) in [7, 11) is 0. The maximum Gasteiger partial charge on any atom is 0.237 e. The average molecular weight is 228 g/mol. The summed E-state index contributed by atoms with van der Waals surface area (Å²) in [6, 6.07) is 0. The zero-order valence-corrected chi connectivity index (χ0v) is 9.79. The first-order valence-corrected chi connectivity index (χ1v) is 5.64. The van der Waals surface area contributed by atoms with Crippen LogP contribution in [0.2, 0.25) is 0 Å². The average Bonchev–Trinajstić information content (AvgIpc) is 2.68. The molecule has 0 saturated carbocycles. The van der Waals surface area contributed by atoms with Gasteiger partial charge in [0.2, 0.25) is 11.6 Å². The number of hydrogen-bond acceptors (Lipinski definition) is 3. The van der Waals surface area contributed by atoms with Crippen LogP contribution in [0.1, 0.15) is 41.4 Å². The molecule has 1 aromatic rings. The van der Waals surface area contributed by atoms with Crippen LogP contribution in [-0.2, 0) is 4.79 Å². The predicted octanol–water partition coefficient (Wildman–Crippen LogP) is 2.85. The normalized spacial score (nSPS) is 19.1. The third kappa shape index (κ3) is 1.28. The predicted molar refractivity (Wildman–Crippen MR) is 62.7 cm³/mol. The van der Waals surface area contributed by atoms with Gasteiger partial charge in [-0.05, 0) is 32.3 Å². The Morgan fingerprint density at radius 2 is 1.88 bits per heavy atom. The van der Waals surface area contributed by atoms with Gasteiger partial charge in [0, 0.05) is 11.1 Å². The zero-order valence-electron chi connectivity index (χ0n) is 9.79. The van der Waals surface area contributed by atoms with Gasteiger partial charge in [-0.3, -0.25) is 9.59 Å². The van der Waals surface area contributed by atoms with E-state index in [9.17, 15) is 9.59 Å².